The van der Waals surface area contributed by atoms with Gasteiger partial charge in [-0.15, -0.1) is 11.8 Å². The van der Waals surface area contributed by atoms with Gasteiger partial charge in [0.25, 0.3) is 5.56 Å². The Kier molecular flexibility index (Phi) is 3.19. The first-order valence-electron chi connectivity index (χ1n) is 7.07. The zero-order valence-corrected chi connectivity index (χ0v) is 13.1. The first-order chi connectivity index (χ1) is 11.2. The van der Waals surface area contributed by atoms with Crippen molar-refractivity contribution in [2.45, 2.75) is 17.2 Å². The molecule has 3 heterocycles. The maximum absolute atomic E-state index is 12.5. The van der Waals surface area contributed by atoms with Crippen LogP contribution in [0.4, 0.5) is 5.82 Å². The van der Waals surface area contributed by atoms with Gasteiger partial charge >= 0.3 is 0 Å². The van der Waals surface area contributed by atoms with E-state index in [1.807, 2.05) is 30.5 Å². The smallest absolute Gasteiger partial charge is 0.258 e. The van der Waals surface area contributed by atoms with Crippen LogP contribution < -0.4 is 10.9 Å². The van der Waals surface area contributed by atoms with Gasteiger partial charge in [-0.1, -0.05) is 12.1 Å². The highest BCUT2D eigenvalue weighted by Crippen LogP contribution is 2.35. The van der Waals surface area contributed by atoms with E-state index in [9.17, 15) is 9.59 Å². The largest absolute Gasteiger partial charge is 0.310 e. The minimum absolute atomic E-state index is 0.140. The summed E-state index contributed by atoms with van der Waals surface area (Å²) in [7, 11) is 0. The Labute approximate surface area is 135 Å². The first kappa shape index (κ1) is 14.0. The van der Waals surface area contributed by atoms with Gasteiger partial charge in [-0.2, -0.15) is 14.6 Å². The molecule has 1 aliphatic heterocycles. The number of benzene rings is 1. The molecular formula is C15H13N5O2S. The average molecular weight is 327 g/mol. The van der Waals surface area contributed by atoms with E-state index in [1.54, 1.807) is 11.8 Å². The second kappa shape index (κ2) is 5.24. The number of thioether (sulfide) groups is 1. The van der Waals surface area contributed by atoms with E-state index in [1.165, 1.54) is 10.8 Å². The van der Waals surface area contributed by atoms with Crippen LogP contribution in [0.25, 0.3) is 5.78 Å². The maximum Gasteiger partial charge on any atom is 0.258 e. The van der Waals surface area contributed by atoms with E-state index < -0.39 is 0 Å². The maximum atomic E-state index is 12.5. The molecule has 1 amide bonds. The number of aromatic nitrogens is 4. The molecule has 0 radical (unpaired) electrons. The Hall–Kier alpha value is -2.61. The standard InChI is InChI=1S/C15H13N5O2S/c1-23-9-4-2-8(3-5-9)10-6-11(21)18-13-12(10)14(22)19-15-16-7-17-20(13)15/h2-5,7,10H,6H2,1H3,(H,18,21)(H,16,17,19,22)/t10-/m1/s1. The van der Waals surface area contributed by atoms with E-state index in [2.05, 4.69) is 20.4 Å². The van der Waals surface area contributed by atoms with Crippen LogP contribution in [0.5, 0.6) is 0 Å². The van der Waals surface area contributed by atoms with Gasteiger partial charge in [0.1, 0.15) is 12.1 Å². The van der Waals surface area contributed by atoms with Crippen molar-refractivity contribution in [1.29, 1.82) is 0 Å². The molecule has 4 rings (SSSR count). The highest BCUT2D eigenvalue weighted by Gasteiger charge is 2.31. The molecule has 116 valence electrons. The van der Waals surface area contributed by atoms with Crippen LogP contribution in [-0.4, -0.2) is 31.7 Å². The molecule has 0 spiro atoms. The van der Waals surface area contributed by atoms with Crippen LogP contribution in [0.2, 0.25) is 0 Å². The van der Waals surface area contributed by atoms with E-state index in [-0.39, 0.29) is 23.8 Å². The van der Waals surface area contributed by atoms with Crippen LogP contribution in [0.3, 0.4) is 0 Å². The Morgan fingerprint density at radius 1 is 1.26 bits per heavy atom. The summed E-state index contributed by atoms with van der Waals surface area (Å²) in [6, 6.07) is 7.91. The predicted octanol–water partition coefficient (Wildman–Crippen LogP) is 1.61. The molecule has 2 N–H and O–H groups in total. The fourth-order valence-corrected chi connectivity index (χ4v) is 3.32. The number of hydrogen-bond acceptors (Lipinski definition) is 5. The summed E-state index contributed by atoms with van der Waals surface area (Å²) in [4.78, 5) is 32.4. The molecule has 0 unspecified atom stereocenters. The van der Waals surface area contributed by atoms with Crippen molar-refractivity contribution in [2.75, 3.05) is 11.6 Å². The van der Waals surface area contributed by atoms with Crippen molar-refractivity contribution >= 4 is 29.3 Å². The number of nitrogens with zero attached hydrogens (tertiary/aromatic N) is 3. The second-order valence-electron chi connectivity index (χ2n) is 5.29. The van der Waals surface area contributed by atoms with E-state index in [0.717, 1.165) is 10.5 Å². The molecule has 0 aliphatic carbocycles. The predicted molar refractivity (Wildman–Crippen MR) is 86.9 cm³/mol. The minimum atomic E-state index is -0.299. The second-order valence-corrected chi connectivity index (χ2v) is 6.17. The van der Waals surface area contributed by atoms with Crippen LogP contribution in [0, 0.1) is 0 Å². The number of carbonyl (C=O) groups excluding carboxylic acids is 1. The topological polar surface area (TPSA) is 92.1 Å². The van der Waals surface area contributed by atoms with Gasteiger partial charge in [0.15, 0.2) is 0 Å². The van der Waals surface area contributed by atoms with E-state index in [0.29, 0.717) is 17.2 Å². The fourth-order valence-electron chi connectivity index (χ4n) is 2.92. The molecule has 1 atom stereocenters. The molecule has 2 aromatic heterocycles. The number of amides is 1. The van der Waals surface area contributed by atoms with Crippen LogP contribution in [-0.2, 0) is 4.79 Å². The minimum Gasteiger partial charge on any atom is -0.310 e. The number of rotatable bonds is 2. The number of nitrogens with one attached hydrogen (secondary N) is 2. The van der Waals surface area contributed by atoms with E-state index >= 15 is 0 Å². The number of hydrogen-bond donors (Lipinski definition) is 2. The lowest BCUT2D eigenvalue weighted by molar-refractivity contribution is -0.116. The summed E-state index contributed by atoms with van der Waals surface area (Å²) < 4.78 is 1.46. The Morgan fingerprint density at radius 2 is 2.04 bits per heavy atom. The number of H-pyrrole nitrogens is 1. The Morgan fingerprint density at radius 3 is 2.78 bits per heavy atom. The monoisotopic (exact) mass is 327 g/mol. The molecule has 0 bridgehead atoms. The molecule has 23 heavy (non-hydrogen) atoms. The molecular weight excluding hydrogens is 314 g/mol. The Balaban J connectivity index is 1.93. The molecule has 0 fully saturated rings. The van der Waals surface area contributed by atoms with Crippen molar-refractivity contribution in [1.82, 2.24) is 19.6 Å². The van der Waals surface area contributed by atoms with Gasteiger partial charge in [0.2, 0.25) is 11.7 Å². The van der Waals surface area contributed by atoms with Crippen LogP contribution >= 0.6 is 11.8 Å². The molecule has 1 aromatic carbocycles. The summed E-state index contributed by atoms with van der Waals surface area (Å²) in [5.74, 6) is 0.273. The summed E-state index contributed by atoms with van der Waals surface area (Å²) in [6.07, 6.45) is 3.58. The highest BCUT2D eigenvalue weighted by atomic mass is 32.2. The lowest BCUT2D eigenvalue weighted by Crippen LogP contribution is -2.32. The quantitative estimate of drug-likeness (QED) is 0.698. The van der Waals surface area contributed by atoms with Gasteiger partial charge in [0.05, 0.1) is 5.56 Å². The molecule has 3 aromatic rings. The van der Waals surface area contributed by atoms with Crippen molar-refractivity contribution in [3.05, 3.63) is 52.1 Å². The number of carbonyl (C=O) groups is 1. The van der Waals surface area contributed by atoms with Gasteiger partial charge in [-0.3, -0.25) is 14.6 Å². The highest BCUT2D eigenvalue weighted by molar-refractivity contribution is 7.98. The molecule has 0 saturated carbocycles. The van der Waals surface area contributed by atoms with Crippen LogP contribution in [0.15, 0.2) is 40.3 Å². The fraction of sp³-hybridized carbons (Fsp3) is 0.200. The van der Waals surface area contributed by atoms with Crippen molar-refractivity contribution in [3.8, 4) is 0 Å². The molecule has 1 aliphatic rings. The summed E-state index contributed by atoms with van der Waals surface area (Å²) in [5, 5.41) is 6.83. The third-order valence-corrected chi connectivity index (χ3v) is 4.74. The van der Waals surface area contributed by atoms with Crippen molar-refractivity contribution in [2.24, 2.45) is 0 Å². The molecule has 8 heteroatoms. The Bertz CT molecular complexity index is 960. The van der Waals surface area contributed by atoms with Gasteiger partial charge in [-0.25, -0.2) is 0 Å². The lowest BCUT2D eigenvalue weighted by Gasteiger charge is -2.25. The van der Waals surface area contributed by atoms with Gasteiger partial charge in [0, 0.05) is 17.2 Å². The first-order valence-corrected chi connectivity index (χ1v) is 8.29. The zero-order valence-electron chi connectivity index (χ0n) is 12.2. The normalized spacial score (nSPS) is 17.1. The van der Waals surface area contributed by atoms with Gasteiger partial charge < -0.3 is 5.32 Å². The van der Waals surface area contributed by atoms with E-state index in [4.69, 9.17) is 0 Å². The average Bonchev–Trinajstić information content (AvgIpc) is 3.02. The molecule has 0 saturated heterocycles. The lowest BCUT2D eigenvalue weighted by atomic mass is 9.87. The van der Waals surface area contributed by atoms with Crippen molar-refractivity contribution < 1.29 is 4.79 Å². The number of aromatic amines is 1. The summed E-state index contributed by atoms with van der Waals surface area (Å²) >= 11 is 1.65. The zero-order chi connectivity index (χ0) is 16.0. The summed E-state index contributed by atoms with van der Waals surface area (Å²) in [6.45, 7) is 0. The van der Waals surface area contributed by atoms with Gasteiger partial charge in [-0.05, 0) is 24.0 Å². The van der Waals surface area contributed by atoms with Crippen LogP contribution in [0.1, 0.15) is 23.5 Å². The number of anilines is 1. The summed E-state index contributed by atoms with van der Waals surface area (Å²) in [5.41, 5.74) is 1.20. The number of fused-ring (bicyclic) bond motifs is 3. The SMILES string of the molecule is CSc1ccc([C@H]2CC(=O)Nc3c2c(=O)[nH]c2ncnn32)cc1. The molecule has 7 nitrogen and oxygen atoms in total. The third kappa shape index (κ3) is 2.22. The van der Waals surface area contributed by atoms with Crippen molar-refractivity contribution in [3.63, 3.8) is 0 Å². The third-order valence-electron chi connectivity index (χ3n) is 4.00.